The number of benzene rings is 1. The molecule has 0 spiro atoms. The van der Waals surface area contributed by atoms with Crippen LogP contribution >= 0.6 is 0 Å². The second kappa shape index (κ2) is 4.38. The molecule has 0 bridgehead atoms. The van der Waals surface area contributed by atoms with Gasteiger partial charge in [0.05, 0.1) is 5.54 Å². The van der Waals surface area contributed by atoms with Gasteiger partial charge in [0.1, 0.15) is 5.82 Å². The van der Waals surface area contributed by atoms with Crippen molar-refractivity contribution in [2.24, 2.45) is 5.92 Å². The molecule has 1 N–H and O–H groups in total. The second-order valence-corrected chi connectivity index (χ2v) is 5.53. The normalized spacial score (nSPS) is 21.8. The molecule has 96 valence electrons. The lowest BCUT2D eigenvalue weighted by atomic mass is 9.87. The van der Waals surface area contributed by atoms with Crippen molar-refractivity contribution in [2.75, 3.05) is 0 Å². The van der Waals surface area contributed by atoms with E-state index >= 15 is 0 Å². The van der Waals surface area contributed by atoms with Gasteiger partial charge in [-0.3, -0.25) is 4.79 Å². The van der Waals surface area contributed by atoms with Crippen molar-refractivity contribution in [2.45, 2.75) is 44.1 Å². The van der Waals surface area contributed by atoms with Crippen LogP contribution in [0.4, 0.5) is 4.39 Å². The highest BCUT2D eigenvalue weighted by Crippen LogP contribution is 2.41. The minimum Gasteiger partial charge on any atom is -0.346 e. The monoisotopic (exact) mass is 247 g/mol. The Kier molecular flexibility index (Phi) is 2.84. The van der Waals surface area contributed by atoms with Crippen LogP contribution in [-0.4, -0.2) is 5.91 Å². The van der Waals surface area contributed by atoms with E-state index in [9.17, 15) is 9.18 Å². The summed E-state index contributed by atoms with van der Waals surface area (Å²) in [7, 11) is 0. The predicted molar refractivity (Wildman–Crippen MR) is 67.4 cm³/mol. The van der Waals surface area contributed by atoms with Gasteiger partial charge in [0.2, 0.25) is 5.91 Å². The topological polar surface area (TPSA) is 29.1 Å². The van der Waals surface area contributed by atoms with Gasteiger partial charge in [-0.25, -0.2) is 4.39 Å². The van der Waals surface area contributed by atoms with Crippen molar-refractivity contribution in [3.8, 4) is 0 Å². The van der Waals surface area contributed by atoms with Crippen LogP contribution in [0.2, 0.25) is 0 Å². The summed E-state index contributed by atoms with van der Waals surface area (Å²) in [5, 5.41) is 3.13. The van der Waals surface area contributed by atoms with E-state index in [-0.39, 0.29) is 17.6 Å². The van der Waals surface area contributed by atoms with E-state index in [1.54, 1.807) is 6.07 Å². The van der Waals surface area contributed by atoms with Crippen molar-refractivity contribution in [1.29, 1.82) is 0 Å². The van der Waals surface area contributed by atoms with Gasteiger partial charge in [0, 0.05) is 11.5 Å². The highest BCUT2D eigenvalue weighted by molar-refractivity contribution is 5.81. The molecule has 0 atom stereocenters. The number of amides is 1. The summed E-state index contributed by atoms with van der Waals surface area (Å²) in [5.41, 5.74) is 0.210. The summed E-state index contributed by atoms with van der Waals surface area (Å²) < 4.78 is 14.0. The predicted octanol–water partition coefficient (Wildman–Crippen LogP) is 3.12. The highest BCUT2D eigenvalue weighted by atomic mass is 19.1. The number of hydrogen-bond donors (Lipinski definition) is 1. The Hall–Kier alpha value is -1.38. The molecule has 1 aromatic rings. The van der Waals surface area contributed by atoms with Crippen LogP contribution in [0.5, 0.6) is 0 Å². The maximum atomic E-state index is 14.0. The summed E-state index contributed by atoms with van der Waals surface area (Å²) in [6, 6.07) is 6.85. The molecule has 2 nitrogen and oxygen atoms in total. The van der Waals surface area contributed by atoms with Gasteiger partial charge in [-0.15, -0.1) is 0 Å². The standard InChI is InChI=1S/C15H18FNO/c16-13-6-2-1-5-12(13)15(9-3-4-10-15)17-14(18)11-7-8-11/h1-2,5-6,11H,3-4,7-10H2,(H,17,18). The van der Waals surface area contributed by atoms with Crippen LogP contribution in [0.15, 0.2) is 24.3 Å². The Morgan fingerprint density at radius 3 is 2.50 bits per heavy atom. The van der Waals surface area contributed by atoms with E-state index in [2.05, 4.69) is 5.32 Å². The van der Waals surface area contributed by atoms with Crippen molar-refractivity contribution in [1.82, 2.24) is 5.32 Å². The zero-order valence-electron chi connectivity index (χ0n) is 10.4. The molecule has 0 aromatic heterocycles. The van der Waals surface area contributed by atoms with Gasteiger partial charge in [-0.05, 0) is 31.7 Å². The van der Waals surface area contributed by atoms with Gasteiger partial charge < -0.3 is 5.32 Å². The molecule has 3 rings (SSSR count). The number of carbonyl (C=O) groups excluding carboxylic acids is 1. The Morgan fingerprint density at radius 1 is 1.22 bits per heavy atom. The van der Waals surface area contributed by atoms with Crippen LogP contribution in [0.3, 0.4) is 0 Å². The van der Waals surface area contributed by atoms with E-state index in [0.717, 1.165) is 38.5 Å². The SMILES string of the molecule is O=C(NC1(c2ccccc2F)CCCC1)C1CC1. The summed E-state index contributed by atoms with van der Waals surface area (Å²) in [6.45, 7) is 0. The van der Waals surface area contributed by atoms with E-state index in [4.69, 9.17) is 0 Å². The molecule has 0 unspecified atom stereocenters. The maximum absolute atomic E-state index is 14.0. The fourth-order valence-corrected chi connectivity index (χ4v) is 2.97. The fraction of sp³-hybridized carbons (Fsp3) is 0.533. The average molecular weight is 247 g/mol. The lowest BCUT2D eigenvalue weighted by Crippen LogP contribution is -2.45. The highest BCUT2D eigenvalue weighted by Gasteiger charge is 2.41. The molecule has 0 radical (unpaired) electrons. The van der Waals surface area contributed by atoms with Crippen LogP contribution in [0.25, 0.3) is 0 Å². The summed E-state index contributed by atoms with van der Waals surface area (Å²) in [5.74, 6) is 0.0879. The Labute approximate surface area is 107 Å². The summed E-state index contributed by atoms with van der Waals surface area (Å²) >= 11 is 0. The number of carbonyl (C=O) groups is 1. The number of halogens is 1. The first-order valence-corrected chi connectivity index (χ1v) is 6.78. The smallest absolute Gasteiger partial charge is 0.223 e. The quantitative estimate of drug-likeness (QED) is 0.873. The first-order chi connectivity index (χ1) is 8.71. The van der Waals surface area contributed by atoms with E-state index in [0.29, 0.717) is 5.56 Å². The fourth-order valence-electron chi connectivity index (χ4n) is 2.97. The molecule has 0 heterocycles. The van der Waals surface area contributed by atoms with E-state index in [1.165, 1.54) is 6.07 Å². The van der Waals surface area contributed by atoms with E-state index < -0.39 is 5.54 Å². The molecule has 2 aliphatic rings. The molecule has 1 aromatic carbocycles. The lowest BCUT2D eigenvalue weighted by Gasteiger charge is -2.31. The van der Waals surface area contributed by atoms with Gasteiger partial charge >= 0.3 is 0 Å². The Balaban J connectivity index is 1.90. The second-order valence-electron chi connectivity index (χ2n) is 5.53. The van der Waals surface area contributed by atoms with Gasteiger partial charge in [0.25, 0.3) is 0 Å². The molecule has 3 heteroatoms. The van der Waals surface area contributed by atoms with Crippen molar-refractivity contribution >= 4 is 5.91 Å². The van der Waals surface area contributed by atoms with Crippen LogP contribution in [0, 0.1) is 11.7 Å². The molecule has 18 heavy (non-hydrogen) atoms. The van der Waals surface area contributed by atoms with Crippen LogP contribution in [-0.2, 0) is 10.3 Å². The first-order valence-electron chi connectivity index (χ1n) is 6.78. The molecule has 2 saturated carbocycles. The number of nitrogens with one attached hydrogen (secondary N) is 1. The Morgan fingerprint density at radius 2 is 1.89 bits per heavy atom. The third-order valence-electron chi connectivity index (χ3n) is 4.16. The lowest BCUT2D eigenvalue weighted by molar-refractivity contribution is -0.124. The molecule has 2 fully saturated rings. The third-order valence-corrected chi connectivity index (χ3v) is 4.16. The summed E-state index contributed by atoms with van der Waals surface area (Å²) in [6.07, 6.45) is 5.79. The van der Waals surface area contributed by atoms with Crippen molar-refractivity contribution < 1.29 is 9.18 Å². The molecule has 1 amide bonds. The van der Waals surface area contributed by atoms with E-state index in [1.807, 2.05) is 12.1 Å². The zero-order valence-corrected chi connectivity index (χ0v) is 10.4. The van der Waals surface area contributed by atoms with Crippen LogP contribution < -0.4 is 5.32 Å². The van der Waals surface area contributed by atoms with Gasteiger partial charge in [-0.2, -0.15) is 0 Å². The molecule has 2 aliphatic carbocycles. The van der Waals surface area contributed by atoms with Crippen LogP contribution in [0.1, 0.15) is 44.1 Å². The average Bonchev–Trinajstić information content (AvgIpc) is 3.12. The van der Waals surface area contributed by atoms with Gasteiger partial charge in [-0.1, -0.05) is 31.0 Å². The largest absolute Gasteiger partial charge is 0.346 e. The van der Waals surface area contributed by atoms with Crippen molar-refractivity contribution in [3.05, 3.63) is 35.6 Å². The molecule has 0 aliphatic heterocycles. The molecule has 0 saturated heterocycles. The Bertz CT molecular complexity index is 461. The first kappa shape index (κ1) is 11.7. The minimum atomic E-state index is -0.453. The summed E-state index contributed by atoms with van der Waals surface area (Å²) in [4.78, 5) is 12.0. The molecular formula is C15H18FNO. The van der Waals surface area contributed by atoms with Gasteiger partial charge in [0.15, 0.2) is 0 Å². The zero-order chi connectivity index (χ0) is 12.6. The number of rotatable bonds is 3. The molecular weight excluding hydrogens is 229 g/mol. The maximum Gasteiger partial charge on any atom is 0.223 e. The number of hydrogen-bond acceptors (Lipinski definition) is 1. The third kappa shape index (κ3) is 2.02. The minimum absolute atomic E-state index is 0.111. The van der Waals surface area contributed by atoms with Crippen molar-refractivity contribution in [3.63, 3.8) is 0 Å².